The van der Waals surface area contributed by atoms with Crippen molar-refractivity contribution < 1.29 is 18.9 Å². The Bertz CT molecular complexity index is 812. The molecule has 116 valence electrons. The summed E-state index contributed by atoms with van der Waals surface area (Å²) in [6, 6.07) is 8.67. The molecule has 2 aromatic rings. The van der Waals surface area contributed by atoms with E-state index in [2.05, 4.69) is 17.2 Å². The Morgan fingerprint density at radius 1 is 1.22 bits per heavy atom. The van der Waals surface area contributed by atoms with Gasteiger partial charge in [0.2, 0.25) is 5.91 Å². The third-order valence-corrected chi connectivity index (χ3v) is 2.74. The molecule has 8 heteroatoms. The molecule has 0 fully saturated rings. The summed E-state index contributed by atoms with van der Waals surface area (Å²) in [5.74, 6) is 3.70. The SMILES string of the molecule is NC(=O)c1ccc(C#CCNC(=O)c2ccc([N+](=O)[O-])o2)cc1. The minimum absolute atomic E-state index is 0.0326. The summed E-state index contributed by atoms with van der Waals surface area (Å²) in [5.41, 5.74) is 6.15. The van der Waals surface area contributed by atoms with Crippen LogP contribution >= 0.6 is 0 Å². The fraction of sp³-hybridized carbons (Fsp3) is 0.0667. The molecule has 3 N–H and O–H groups in total. The van der Waals surface area contributed by atoms with Crippen LogP contribution < -0.4 is 11.1 Å². The summed E-state index contributed by atoms with van der Waals surface area (Å²) in [6.07, 6.45) is 0. The molecule has 0 spiro atoms. The Morgan fingerprint density at radius 2 is 1.91 bits per heavy atom. The van der Waals surface area contributed by atoms with E-state index in [9.17, 15) is 19.7 Å². The van der Waals surface area contributed by atoms with Crippen molar-refractivity contribution in [1.29, 1.82) is 0 Å². The highest BCUT2D eigenvalue weighted by atomic mass is 16.6. The Labute approximate surface area is 130 Å². The van der Waals surface area contributed by atoms with Gasteiger partial charge in [-0.05, 0) is 30.3 Å². The number of carbonyl (C=O) groups excluding carboxylic acids is 2. The second-order valence-electron chi connectivity index (χ2n) is 4.32. The van der Waals surface area contributed by atoms with Gasteiger partial charge in [-0.1, -0.05) is 11.8 Å². The van der Waals surface area contributed by atoms with E-state index in [1.807, 2.05) is 0 Å². The minimum atomic E-state index is -0.730. The number of amides is 2. The van der Waals surface area contributed by atoms with Crippen LogP contribution in [0.3, 0.4) is 0 Å². The Hall–Kier alpha value is -3.60. The number of hydrogen-bond acceptors (Lipinski definition) is 5. The highest BCUT2D eigenvalue weighted by molar-refractivity contribution is 5.93. The van der Waals surface area contributed by atoms with Gasteiger partial charge in [-0.2, -0.15) is 0 Å². The summed E-state index contributed by atoms with van der Waals surface area (Å²) in [5, 5.41) is 12.9. The largest absolute Gasteiger partial charge is 0.433 e. The van der Waals surface area contributed by atoms with Crippen LogP contribution in [0.2, 0.25) is 0 Å². The van der Waals surface area contributed by atoms with Crippen LogP contribution in [-0.2, 0) is 0 Å². The van der Waals surface area contributed by atoms with Gasteiger partial charge in [0, 0.05) is 11.1 Å². The molecule has 8 nitrogen and oxygen atoms in total. The molecular weight excluding hydrogens is 302 g/mol. The fourth-order valence-electron chi connectivity index (χ4n) is 1.62. The summed E-state index contributed by atoms with van der Waals surface area (Å²) < 4.78 is 4.75. The van der Waals surface area contributed by atoms with E-state index in [4.69, 9.17) is 10.2 Å². The highest BCUT2D eigenvalue weighted by Crippen LogP contribution is 2.15. The quantitative estimate of drug-likeness (QED) is 0.495. The molecule has 1 aromatic heterocycles. The van der Waals surface area contributed by atoms with Crippen LogP contribution in [0.1, 0.15) is 26.5 Å². The second-order valence-corrected chi connectivity index (χ2v) is 4.32. The molecule has 23 heavy (non-hydrogen) atoms. The first-order chi connectivity index (χ1) is 11.0. The first kappa shape index (κ1) is 15.8. The Kier molecular flexibility index (Phi) is 4.74. The van der Waals surface area contributed by atoms with Crippen molar-refractivity contribution in [2.45, 2.75) is 0 Å². The van der Waals surface area contributed by atoms with Crippen molar-refractivity contribution in [3.63, 3.8) is 0 Å². The van der Waals surface area contributed by atoms with Crippen LogP contribution in [-0.4, -0.2) is 23.3 Å². The molecule has 1 heterocycles. The van der Waals surface area contributed by atoms with Crippen LogP contribution in [0.25, 0.3) is 0 Å². The zero-order chi connectivity index (χ0) is 16.8. The number of rotatable bonds is 4. The predicted molar refractivity (Wildman–Crippen MR) is 79.5 cm³/mol. The second kappa shape index (κ2) is 6.91. The summed E-state index contributed by atoms with van der Waals surface area (Å²) in [7, 11) is 0. The number of nitrogens with two attached hydrogens (primary N) is 1. The number of hydrogen-bond donors (Lipinski definition) is 2. The molecule has 0 atom stereocenters. The average Bonchev–Trinajstić information content (AvgIpc) is 3.02. The summed E-state index contributed by atoms with van der Waals surface area (Å²) in [6.45, 7) is 0.0326. The van der Waals surface area contributed by atoms with E-state index in [-0.39, 0.29) is 12.3 Å². The monoisotopic (exact) mass is 313 g/mol. The van der Waals surface area contributed by atoms with Crippen LogP contribution in [0.5, 0.6) is 0 Å². The van der Waals surface area contributed by atoms with Crippen molar-refractivity contribution >= 4 is 17.7 Å². The molecule has 0 radical (unpaired) electrons. The van der Waals surface area contributed by atoms with Crippen molar-refractivity contribution in [2.75, 3.05) is 6.54 Å². The first-order valence-electron chi connectivity index (χ1n) is 6.38. The molecule has 0 unspecified atom stereocenters. The van der Waals surface area contributed by atoms with Crippen molar-refractivity contribution in [3.8, 4) is 11.8 Å². The predicted octanol–water partition coefficient (Wildman–Crippen LogP) is 1.07. The van der Waals surface area contributed by atoms with Gasteiger partial charge in [-0.25, -0.2) is 0 Å². The molecule has 0 aliphatic rings. The number of carbonyl (C=O) groups is 2. The van der Waals surface area contributed by atoms with Crippen molar-refractivity contribution in [3.05, 3.63) is 63.4 Å². The van der Waals surface area contributed by atoms with Crippen molar-refractivity contribution in [2.24, 2.45) is 5.73 Å². The van der Waals surface area contributed by atoms with E-state index in [0.717, 1.165) is 6.07 Å². The molecule has 0 bridgehead atoms. The van der Waals surface area contributed by atoms with E-state index >= 15 is 0 Å². The van der Waals surface area contributed by atoms with Gasteiger partial charge in [0.15, 0.2) is 5.76 Å². The average molecular weight is 313 g/mol. The van der Waals surface area contributed by atoms with Gasteiger partial charge in [-0.3, -0.25) is 19.7 Å². The Balaban J connectivity index is 1.90. The van der Waals surface area contributed by atoms with Gasteiger partial charge in [0.25, 0.3) is 5.91 Å². The lowest BCUT2D eigenvalue weighted by atomic mass is 10.1. The molecule has 2 rings (SSSR count). The van der Waals surface area contributed by atoms with E-state index in [1.165, 1.54) is 6.07 Å². The third-order valence-electron chi connectivity index (χ3n) is 2.74. The molecule has 0 aliphatic heterocycles. The summed E-state index contributed by atoms with van der Waals surface area (Å²) >= 11 is 0. The van der Waals surface area contributed by atoms with Crippen LogP contribution in [0.15, 0.2) is 40.8 Å². The number of nitrogens with one attached hydrogen (secondary N) is 1. The Morgan fingerprint density at radius 3 is 2.48 bits per heavy atom. The van der Waals surface area contributed by atoms with E-state index in [1.54, 1.807) is 24.3 Å². The maximum atomic E-state index is 11.7. The zero-order valence-corrected chi connectivity index (χ0v) is 11.7. The lowest BCUT2D eigenvalue weighted by Gasteiger charge is -1.96. The molecule has 1 aromatic carbocycles. The normalized spacial score (nSPS) is 9.57. The fourth-order valence-corrected chi connectivity index (χ4v) is 1.62. The number of nitrogens with zero attached hydrogens (tertiary/aromatic N) is 1. The number of furan rings is 1. The lowest BCUT2D eigenvalue weighted by molar-refractivity contribution is -0.402. The van der Waals surface area contributed by atoms with Crippen LogP contribution in [0.4, 0.5) is 5.88 Å². The molecule has 0 saturated carbocycles. The first-order valence-corrected chi connectivity index (χ1v) is 6.38. The van der Waals surface area contributed by atoms with Gasteiger partial charge < -0.3 is 15.5 Å². The number of nitro groups is 1. The zero-order valence-electron chi connectivity index (χ0n) is 11.7. The lowest BCUT2D eigenvalue weighted by Crippen LogP contribution is -2.23. The standard InChI is InChI=1S/C15H11N3O5/c16-14(19)11-5-3-10(4-6-11)2-1-9-17-15(20)12-7-8-13(23-12)18(21)22/h3-8H,9H2,(H2,16,19)(H,17,20). The van der Waals surface area contributed by atoms with Crippen molar-refractivity contribution in [1.82, 2.24) is 5.32 Å². The van der Waals surface area contributed by atoms with Gasteiger partial charge in [0.1, 0.15) is 4.92 Å². The molecule has 2 amide bonds. The van der Waals surface area contributed by atoms with E-state index < -0.39 is 22.6 Å². The maximum absolute atomic E-state index is 11.7. The maximum Gasteiger partial charge on any atom is 0.433 e. The highest BCUT2D eigenvalue weighted by Gasteiger charge is 2.16. The van der Waals surface area contributed by atoms with Crippen LogP contribution in [0, 0.1) is 22.0 Å². The molecule has 0 saturated heterocycles. The topological polar surface area (TPSA) is 128 Å². The summed E-state index contributed by atoms with van der Waals surface area (Å²) in [4.78, 5) is 32.3. The van der Waals surface area contributed by atoms with Gasteiger partial charge in [-0.15, -0.1) is 0 Å². The number of primary amides is 1. The third kappa shape index (κ3) is 4.18. The minimum Gasteiger partial charge on any atom is -0.395 e. The van der Waals surface area contributed by atoms with E-state index in [0.29, 0.717) is 11.1 Å². The molecule has 0 aliphatic carbocycles. The van der Waals surface area contributed by atoms with Gasteiger partial charge in [0.05, 0.1) is 12.6 Å². The molecular formula is C15H11N3O5. The number of benzene rings is 1. The van der Waals surface area contributed by atoms with Gasteiger partial charge >= 0.3 is 5.88 Å². The smallest absolute Gasteiger partial charge is 0.395 e.